The fraction of sp³-hybridized carbons (Fsp3) is 0.105. The lowest BCUT2D eigenvalue weighted by Gasteiger charge is -2.10. The largest absolute Gasteiger partial charge is 0.497 e. The van der Waals surface area contributed by atoms with Crippen LogP contribution in [0, 0.1) is 0 Å². The number of fused-ring (bicyclic) bond motifs is 6. The third-order valence-electron chi connectivity index (χ3n) is 7.72. The summed E-state index contributed by atoms with van der Waals surface area (Å²) in [6.07, 6.45) is 0.715. The molecule has 1 N–H and O–H groups in total. The smallest absolute Gasteiger partial charge is 0.338 e. The SMILES string of the molecule is COC(=O)c1cc(Cl)ccc1-c1ccc2cc(OC)ccc2c1.COc1ccc2c3c(ccc2c1)-c1ccc(Cl)cc1C3=O.CS(=O)(=O)O. The van der Waals surface area contributed by atoms with Gasteiger partial charge in [-0.1, -0.05) is 65.7 Å². The van der Waals surface area contributed by atoms with Crippen molar-refractivity contribution < 1.29 is 36.8 Å². The molecule has 11 heteroatoms. The highest BCUT2D eigenvalue weighted by Gasteiger charge is 2.28. The Bertz CT molecular complexity index is 2350. The van der Waals surface area contributed by atoms with Crippen LogP contribution in [-0.2, 0) is 14.9 Å². The summed E-state index contributed by atoms with van der Waals surface area (Å²) >= 11 is 12.0. The van der Waals surface area contributed by atoms with Crippen molar-refractivity contribution in [3.8, 4) is 33.8 Å². The monoisotopic (exact) mass is 716 g/mol. The first-order chi connectivity index (χ1) is 23.3. The highest BCUT2D eigenvalue weighted by Crippen LogP contribution is 2.42. The minimum Gasteiger partial charge on any atom is -0.497 e. The van der Waals surface area contributed by atoms with Crippen LogP contribution in [0.1, 0.15) is 26.3 Å². The molecule has 7 rings (SSSR count). The molecule has 0 unspecified atom stereocenters. The summed E-state index contributed by atoms with van der Waals surface area (Å²) in [4.78, 5) is 24.7. The number of hydrogen-bond acceptors (Lipinski definition) is 7. The highest BCUT2D eigenvalue weighted by molar-refractivity contribution is 7.85. The molecule has 0 fully saturated rings. The van der Waals surface area contributed by atoms with Crippen molar-refractivity contribution in [2.24, 2.45) is 0 Å². The summed E-state index contributed by atoms with van der Waals surface area (Å²) in [7, 11) is 0.975. The Morgan fingerprint density at radius 3 is 1.82 bits per heavy atom. The Morgan fingerprint density at radius 2 is 1.16 bits per heavy atom. The minimum atomic E-state index is -3.67. The number of ketones is 1. The van der Waals surface area contributed by atoms with Crippen LogP contribution in [0.25, 0.3) is 43.8 Å². The van der Waals surface area contributed by atoms with Gasteiger partial charge in [0.15, 0.2) is 5.78 Å². The number of rotatable bonds is 4. The molecule has 0 amide bonds. The Kier molecular flexibility index (Phi) is 10.6. The van der Waals surface area contributed by atoms with Gasteiger partial charge in [0, 0.05) is 21.2 Å². The standard InChI is InChI=1S/C19H15ClO3.C18H11ClO2.CH4O3S/c1-22-16-7-5-12-9-14(4-3-13(12)10-16)17-8-6-15(20)11-18(17)19(21)23-2;1-21-12-4-7-13-10(8-12)2-5-15-14-6-3-11(19)9-16(14)18(20)17(13)15;1-5(2,3)4/h3-11H,1-2H3;2-9H,1H3;1H3,(H,2,3,4). The van der Waals surface area contributed by atoms with Crippen LogP contribution in [0.4, 0.5) is 0 Å². The van der Waals surface area contributed by atoms with Crippen LogP contribution >= 0.6 is 23.2 Å². The lowest BCUT2D eigenvalue weighted by molar-refractivity contribution is 0.0601. The predicted octanol–water partition coefficient (Wildman–Crippen LogP) is 9.17. The molecule has 0 spiro atoms. The van der Waals surface area contributed by atoms with Crippen LogP contribution in [0.3, 0.4) is 0 Å². The zero-order chi connectivity index (χ0) is 35.5. The Labute approximate surface area is 293 Å². The number of esters is 1. The molecule has 0 aliphatic heterocycles. The third-order valence-corrected chi connectivity index (χ3v) is 8.19. The van der Waals surface area contributed by atoms with Crippen LogP contribution in [0.15, 0.2) is 103 Å². The maximum absolute atomic E-state index is 12.7. The van der Waals surface area contributed by atoms with Gasteiger partial charge in [-0.3, -0.25) is 9.35 Å². The second-order valence-corrected chi connectivity index (χ2v) is 13.3. The first-order valence-electron chi connectivity index (χ1n) is 14.6. The fourth-order valence-corrected chi connectivity index (χ4v) is 5.89. The fourth-order valence-electron chi connectivity index (χ4n) is 5.54. The van der Waals surface area contributed by atoms with E-state index in [0.29, 0.717) is 27.4 Å². The van der Waals surface area contributed by atoms with E-state index in [1.807, 2.05) is 84.9 Å². The maximum atomic E-state index is 12.7. The lowest BCUT2D eigenvalue weighted by Crippen LogP contribution is -2.03. The van der Waals surface area contributed by atoms with Crippen molar-refractivity contribution in [3.05, 3.63) is 130 Å². The quantitative estimate of drug-likeness (QED) is 0.142. The molecule has 6 aromatic rings. The van der Waals surface area contributed by atoms with Gasteiger partial charge in [-0.2, -0.15) is 8.42 Å². The zero-order valence-corrected chi connectivity index (χ0v) is 29.1. The average Bonchev–Trinajstić information content (AvgIpc) is 3.37. The molecule has 0 atom stereocenters. The summed E-state index contributed by atoms with van der Waals surface area (Å²) < 4.78 is 41.2. The normalized spacial score (nSPS) is 11.4. The Balaban J connectivity index is 0.000000169. The van der Waals surface area contributed by atoms with Gasteiger partial charge in [-0.15, -0.1) is 0 Å². The predicted molar refractivity (Wildman–Crippen MR) is 194 cm³/mol. The molecule has 49 heavy (non-hydrogen) atoms. The van der Waals surface area contributed by atoms with Crippen molar-refractivity contribution >= 4 is 66.6 Å². The number of hydrogen-bond donors (Lipinski definition) is 1. The van der Waals surface area contributed by atoms with Crippen molar-refractivity contribution in [2.45, 2.75) is 0 Å². The van der Waals surface area contributed by atoms with E-state index in [4.69, 9.17) is 42.0 Å². The van der Waals surface area contributed by atoms with Crippen molar-refractivity contribution in [3.63, 3.8) is 0 Å². The molecule has 8 nitrogen and oxygen atoms in total. The first kappa shape index (κ1) is 35.4. The topological polar surface area (TPSA) is 116 Å². The maximum Gasteiger partial charge on any atom is 0.338 e. The van der Waals surface area contributed by atoms with Gasteiger partial charge in [0.2, 0.25) is 0 Å². The van der Waals surface area contributed by atoms with Gasteiger partial charge in [0.25, 0.3) is 10.1 Å². The van der Waals surface area contributed by atoms with Gasteiger partial charge in [-0.05, 0) is 104 Å². The van der Waals surface area contributed by atoms with Gasteiger partial charge in [-0.25, -0.2) is 4.79 Å². The van der Waals surface area contributed by atoms with E-state index in [0.717, 1.165) is 60.9 Å². The van der Waals surface area contributed by atoms with E-state index in [1.54, 1.807) is 32.4 Å². The molecule has 0 heterocycles. The Hall–Kier alpha value is -4.93. The molecule has 0 bridgehead atoms. The van der Waals surface area contributed by atoms with Gasteiger partial charge in [0.1, 0.15) is 11.5 Å². The molecule has 0 saturated heterocycles. The summed E-state index contributed by atoms with van der Waals surface area (Å²) in [5.41, 5.74) is 5.54. The van der Waals surface area contributed by atoms with Crippen LogP contribution in [0.2, 0.25) is 10.0 Å². The summed E-state index contributed by atoms with van der Waals surface area (Å²) in [5.74, 6) is 1.23. The first-order valence-corrected chi connectivity index (χ1v) is 17.3. The number of carbonyl (C=O) groups excluding carboxylic acids is 2. The summed E-state index contributed by atoms with van der Waals surface area (Å²) in [6, 6.07) is 32.4. The molecule has 1 aliphatic carbocycles. The minimum absolute atomic E-state index is 0.0401. The van der Waals surface area contributed by atoms with Gasteiger partial charge >= 0.3 is 5.97 Å². The molecule has 250 valence electrons. The lowest BCUT2D eigenvalue weighted by atomic mass is 9.97. The molecule has 0 saturated carbocycles. The number of carbonyl (C=O) groups is 2. The molecule has 0 aromatic heterocycles. The van der Waals surface area contributed by atoms with Crippen molar-refractivity contribution in [1.82, 2.24) is 0 Å². The average molecular weight is 718 g/mol. The van der Waals surface area contributed by atoms with E-state index < -0.39 is 16.1 Å². The van der Waals surface area contributed by atoms with Gasteiger partial charge in [0.05, 0.1) is 33.1 Å². The number of benzene rings is 6. The van der Waals surface area contributed by atoms with E-state index in [2.05, 4.69) is 0 Å². The van der Waals surface area contributed by atoms with Crippen molar-refractivity contribution in [2.75, 3.05) is 27.6 Å². The zero-order valence-electron chi connectivity index (χ0n) is 26.8. The Morgan fingerprint density at radius 1 is 0.633 bits per heavy atom. The van der Waals surface area contributed by atoms with E-state index in [1.165, 1.54) is 7.11 Å². The molecule has 6 aromatic carbocycles. The second-order valence-electron chi connectivity index (χ2n) is 10.9. The van der Waals surface area contributed by atoms with Gasteiger partial charge < -0.3 is 14.2 Å². The molecular weight excluding hydrogens is 687 g/mol. The van der Waals surface area contributed by atoms with E-state index in [9.17, 15) is 18.0 Å². The van der Waals surface area contributed by atoms with Crippen LogP contribution in [0.5, 0.6) is 11.5 Å². The van der Waals surface area contributed by atoms with Crippen molar-refractivity contribution in [1.29, 1.82) is 0 Å². The summed E-state index contributed by atoms with van der Waals surface area (Å²) in [5, 5.41) is 5.17. The van der Waals surface area contributed by atoms with Crippen LogP contribution in [-0.4, -0.2) is 52.3 Å². The second kappa shape index (κ2) is 14.7. The number of ether oxygens (including phenoxy) is 3. The molecule has 0 radical (unpaired) electrons. The van der Waals surface area contributed by atoms with Crippen LogP contribution < -0.4 is 9.47 Å². The summed E-state index contributed by atoms with van der Waals surface area (Å²) in [6.45, 7) is 0. The third kappa shape index (κ3) is 8.04. The number of halogens is 2. The van der Waals surface area contributed by atoms with E-state index in [-0.39, 0.29) is 5.78 Å². The molecule has 1 aliphatic rings. The number of methoxy groups -OCH3 is 3. The van der Waals surface area contributed by atoms with E-state index >= 15 is 0 Å². The highest BCUT2D eigenvalue weighted by atomic mass is 35.5. The molecular formula is C38H30Cl2O8S.